The van der Waals surface area contributed by atoms with Crippen molar-refractivity contribution in [2.24, 2.45) is 0 Å². The number of hydrogen-bond donors (Lipinski definition) is 1. The minimum absolute atomic E-state index is 0.358. The van der Waals surface area contributed by atoms with Crippen molar-refractivity contribution in [1.82, 2.24) is 0 Å². The van der Waals surface area contributed by atoms with Crippen molar-refractivity contribution >= 4 is 34.8 Å². The first kappa shape index (κ1) is 20.2. The number of ether oxygens (including phenoxy) is 3. The highest BCUT2D eigenvalue weighted by Crippen LogP contribution is 2.39. The highest BCUT2D eigenvalue weighted by atomic mass is 35.5. The zero-order chi connectivity index (χ0) is 19.1. The summed E-state index contributed by atoms with van der Waals surface area (Å²) >= 11 is 12.1. The summed E-state index contributed by atoms with van der Waals surface area (Å²) in [5, 5.41) is 3.62. The second-order valence-corrected chi connectivity index (χ2v) is 6.02. The molecule has 1 N–H and O–H groups in total. The topological polar surface area (TPSA) is 56.8 Å². The van der Waals surface area contributed by atoms with Crippen molar-refractivity contribution in [2.45, 2.75) is 20.8 Å². The Morgan fingerprint density at radius 3 is 2.04 bits per heavy atom. The van der Waals surface area contributed by atoms with E-state index in [0.29, 0.717) is 58.4 Å². The molecule has 5 nitrogen and oxygen atoms in total. The lowest BCUT2D eigenvalue weighted by Gasteiger charge is -2.17. The third-order valence-corrected chi connectivity index (χ3v) is 3.91. The quantitative estimate of drug-likeness (QED) is 0.643. The monoisotopic (exact) mass is 397 g/mol. The highest BCUT2D eigenvalue weighted by molar-refractivity contribution is 6.35. The van der Waals surface area contributed by atoms with Gasteiger partial charge in [0.05, 0.1) is 30.5 Å². The fourth-order valence-corrected chi connectivity index (χ4v) is 2.64. The third-order valence-electron chi connectivity index (χ3n) is 3.35. The van der Waals surface area contributed by atoms with E-state index in [4.69, 9.17) is 37.4 Å². The van der Waals surface area contributed by atoms with E-state index in [1.165, 1.54) is 0 Å². The summed E-state index contributed by atoms with van der Waals surface area (Å²) in [5.41, 5.74) is 0.783. The van der Waals surface area contributed by atoms with Gasteiger partial charge in [-0.15, -0.1) is 0 Å². The summed E-state index contributed by atoms with van der Waals surface area (Å²) in [5.74, 6) is 1.01. The molecule has 0 aliphatic heterocycles. The Balaban J connectivity index is 2.40. The summed E-state index contributed by atoms with van der Waals surface area (Å²) in [7, 11) is 0. The van der Waals surface area contributed by atoms with E-state index in [-0.39, 0.29) is 5.91 Å². The van der Waals surface area contributed by atoms with Crippen molar-refractivity contribution < 1.29 is 19.0 Å². The second-order valence-electron chi connectivity index (χ2n) is 5.18. The van der Waals surface area contributed by atoms with Gasteiger partial charge in [-0.25, -0.2) is 0 Å². The molecular formula is C19H21Cl2NO4. The Labute approximate surface area is 163 Å². The van der Waals surface area contributed by atoms with Crippen molar-refractivity contribution in [1.29, 1.82) is 0 Å². The van der Waals surface area contributed by atoms with E-state index in [1.807, 2.05) is 20.8 Å². The fraction of sp³-hybridized carbons (Fsp3) is 0.316. The van der Waals surface area contributed by atoms with Gasteiger partial charge in [-0.05, 0) is 51.1 Å². The molecule has 0 heterocycles. The highest BCUT2D eigenvalue weighted by Gasteiger charge is 2.19. The lowest BCUT2D eigenvalue weighted by molar-refractivity contribution is 0.102. The van der Waals surface area contributed by atoms with E-state index in [1.54, 1.807) is 30.3 Å². The number of amides is 1. The summed E-state index contributed by atoms with van der Waals surface area (Å²) in [6.45, 7) is 6.88. The summed E-state index contributed by atoms with van der Waals surface area (Å²) in [4.78, 5) is 12.7. The summed E-state index contributed by atoms with van der Waals surface area (Å²) < 4.78 is 16.9. The van der Waals surface area contributed by atoms with Crippen LogP contribution in [-0.4, -0.2) is 25.7 Å². The van der Waals surface area contributed by atoms with Crippen LogP contribution >= 0.6 is 23.2 Å². The van der Waals surface area contributed by atoms with Crippen molar-refractivity contribution in [3.8, 4) is 17.2 Å². The maximum absolute atomic E-state index is 12.7. The number of anilines is 1. The number of carbonyl (C=O) groups excluding carboxylic acids is 1. The smallest absolute Gasteiger partial charge is 0.255 e. The fourth-order valence-electron chi connectivity index (χ4n) is 2.31. The van der Waals surface area contributed by atoms with Crippen LogP contribution in [0.15, 0.2) is 30.3 Å². The van der Waals surface area contributed by atoms with E-state index >= 15 is 0 Å². The maximum atomic E-state index is 12.7. The molecule has 0 fully saturated rings. The lowest BCUT2D eigenvalue weighted by atomic mass is 10.1. The second kappa shape index (κ2) is 9.55. The van der Waals surface area contributed by atoms with E-state index in [0.717, 1.165) is 0 Å². The normalized spacial score (nSPS) is 10.3. The van der Waals surface area contributed by atoms with Crippen molar-refractivity contribution in [2.75, 3.05) is 25.1 Å². The minimum atomic E-state index is -0.362. The Kier molecular flexibility index (Phi) is 7.42. The SMILES string of the molecule is CCOc1cc(C(=O)Nc2cc(Cl)ccc2Cl)cc(OCC)c1OCC. The van der Waals surface area contributed by atoms with Crippen LogP contribution in [0.5, 0.6) is 17.2 Å². The average molecular weight is 398 g/mol. The first-order chi connectivity index (χ1) is 12.5. The first-order valence-corrected chi connectivity index (χ1v) is 9.08. The summed E-state index contributed by atoms with van der Waals surface area (Å²) in [6.07, 6.45) is 0. The van der Waals surface area contributed by atoms with Gasteiger partial charge in [0.15, 0.2) is 11.5 Å². The number of benzene rings is 2. The molecule has 0 unspecified atom stereocenters. The maximum Gasteiger partial charge on any atom is 0.255 e. The molecule has 26 heavy (non-hydrogen) atoms. The van der Waals surface area contributed by atoms with Gasteiger partial charge in [0, 0.05) is 10.6 Å². The molecule has 0 aromatic heterocycles. The molecule has 7 heteroatoms. The summed E-state index contributed by atoms with van der Waals surface area (Å²) in [6, 6.07) is 8.09. The number of nitrogens with one attached hydrogen (secondary N) is 1. The van der Waals surface area contributed by atoms with E-state index in [9.17, 15) is 4.79 Å². The molecule has 2 aromatic rings. The molecule has 140 valence electrons. The lowest BCUT2D eigenvalue weighted by Crippen LogP contribution is -2.13. The molecule has 0 saturated heterocycles. The van der Waals surface area contributed by atoms with Gasteiger partial charge in [0.2, 0.25) is 5.75 Å². The van der Waals surface area contributed by atoms with Crippen LogP contribution in [0.4, 0.5) is 5.69 Å². The van der Waals surface area contributed by atoms with E-state index in [2.05, 4.69) is 5.32 Å². The zero-order valence-electron chi connectivity index (χ0n) is 14.9. The molecule has 0 spiro atoms. The van der Waals surface area contributed by atoms with Gasteiger partial charge >= 0.3 is 0 Å². The Morgan fingerprint density at radius 1 is 0.923 bits per heavy atom. The van der Waals surface area contributed by atoms with Gasteiger partial charge in [-0.3, -0.25) is 4.79 Å². The number of halogens is 2. The van der Waals surface area contributed by atoms with Crippen LogP contribution in [0.3, 0.4) is 0 Å². The van der Waals surface area contributed by atoms with Crippen molar-refractivity contribution in [3.05, 3.63) is 45.9 Å². The number of carbonyl (C=O) groups is 1. The molecule has 0 bridgehead atoms. The molecule has 0 aliphatic carbocycles. The molecule has 2 rings (SSSR count). The predicted molar refractivity (Wildman–Crippen MR) is 104 cm³/mol. The van der Waals surface area contributed by atoms with Crippen LogP contribution in [-0.2, 0) is 0 Å². The molecule has 0 atom stereocenters. The van der Waals surface area contributed by atoms with Crippen LogP contribution < -0.4 is 19.5 Å². The molecule has 2 aromatic carbocycles. The van der Waals surface area contributed by atoms with Gasteiger partial charge in [0.25, 0.3) is 5.91 Å². The first-order valence-electron chi connectivity index (χ1n) is 8.32. The van der Waals surface area contributed by atoms with Crippen molar-refractivity contribution in [3.63, 3.8) is 0 Å². The minimum Gasteiger partial charge on any atom is -0.490 e. The van der Waals surface area contributed by atoms with Crippen LogP contribution in [0, 0.1) is 0 Å². The van der Waals surface area contributed by atoms with Gasteiger partial charge < -0.3 is 19.5 Å². The Bertz CT molecular complexity index is 753. The van der Waals surface area contributed by atoms with Crippen LogP contribution in [0.1, 0.15) is 31.1 Å². The zero-order valence-corrected chi connectivity index (χ0v) is 16.4. The third kappa shape index (κ3) is 4.96. The van der Waals surface area contributed by atoms with Gasteiger partial charge in [0.1, 0.15) is 0 Å². The Morgan fingerprint density at radius 2 is 1.50 bits per heavy atom. The average Bonchev–Trinajstić information content (AvgIpc) is 2.61. The molecule has 0 aliphatic rings. The van der Waals surface area contributed by atoms with Crippen LogP contribution in [0.25, 0.3) is 0 Å². The molecule has 0 saturated carbocycles. The van der Waals surface area contributed by atoms with E-state index < -0.39 is 0 Å². The van der Waals surface area contributed by atoms with Gasteiger partial charge in [-0.1, -0.05) is 23.2 Å². The molecule has 1 amide bonds. The standard InChI is InChI=1S/C19H21Cl2NO4/c1-4-24-16-9-12(10-17(25-5-2)18(16)26-6-3)19(23)22-15-11-13(20)7-8-14(15)21/h7-11H,4-6H2,1-3H3,(H,22,23). The Hall–Kier alpha value is -2.11. The van der Waals surface area contributed by atoms with Gasteiger partial charge in [-0.2, -0.15) is 0 Å². The largest absolute Gasteiger partial charge is 0.490 e. The molecular weight excluding hydrogens is 377 g/mol. The molecule has 0 radical (unpaired) electrons. The number of rotatable bonds is 8. The van der Waals surface area contributed by atoms with Crippen LogP contribution in [0.2, 0.25) is 10.0 Å². The predicted octanol–water partition coefficient (Wildman–Crippen LogP) is 5.44. The number of hydrogen-bond acceptors (Lipinski definition) is 4.